The van der Waals surface area contributed by atoms with Crippen LogP contribution in [0.1, 0.15) is 11.1 Å². The van der Waals surface area contributed by atoms with Gasteiger partial charge in [-0.05, 0) is 42.8 Å². The Morgan fingerprint density at radius 3 is 2.58 bits per heavy atom. The lowest BCUT2D eigenvalue weighted by atomic mass is 10.1. The van der Waals surface area contributed by atoms with E-state index in [9.17, 15) is 5.11 Å². The lowest BCUT2D eigenvalue weighted by molar-refractivity contribution is 0.457. The van der Waals surface area contributed by atoms with Crippen molar-refractivity contribution in [2.75, 3.05) is 0 Å². The Hall–Kier alpha value is -3.53. The summed E-state index contributed by atoms with van der Waals surface area (Å²) in [6, 6.07) is 23.1. The van der Waals surface area contributed by atoms with Crippen LogP contribution in [0.2, 0.25) is 0 Å². The summed E-state index contributed by atoms with van der Waals surface area (Å²) < 4.78 is 5.93. The van der Waals surface area contributed by atoms with Gasteiger partial charge < -0.3 is 14.8 Å². The number of rotatable bonds is 4. The first-order valence-electron chi connectivity index (χ1n) is 8.38. The first kappa shape index (κ1) is 16.0. The number of H-pyrrole nitrogens is 1. The number of aryl methyl sites for hydroxylation is 1. The van der Waals surface area contributed by atoms with Gasteiger partial charge in [0.2, 0.25) is 0 Å². The number of aromatic nitrogens is 1. The zero-order valence-electron chi connectivity index (χ0n) is 14.3. The first-order valence-corrected chi connectivity index (χ1v) is 8.38. The van der Waals surface area contributed by atoms with E-state index in [-0.39, 0.29) is 5.88 Å². The predicted molar refractivity (Wildman–Crippen MR) is 105 cm³/mol. The quantitative estimate of drug-likeness (QED) is 0.466. The molecule has 4 rings (SSSR count). The number of nitrogens with zero attached hydrogens (tertiary/aromatic N) is 1. The fourth-order valence-electron chi connectivity index (χ4n) is 2.85. The molecule has 0 saturated carbocycles. The summed E-state index contributed by atoms with van der Waals surface area (Å²) >= 11 is 0. The monoisotopic (exact) mass is 342 g/mol. The van der Waals surface area contributed by atoms with Gasteiger partial charge in [-0.25, -0.2) is 0 Å². The number of aliphatic imine (C=N–C) groups is 1. The van der Waals surface area contributed by atoms with E-state index in [1.54, 1.807) is 6.21 Å². The molecule has 26 heavy (non-hydrogen) atoms. The molecule has 3 aromatic carbocycles. The number of ether oxygens (including phenoxy) is 1. The van der Waals surface area contributed by atoms with Gasteiger partial charge in [-0.15, -0.1) is 0 Å². The summed E-state index contributed by atoms with van der Waals surface area (Å²) in [6.45, 7) is 2.02. The smallest absolute Gasteiger partial charge is 0.198 e. The Kier molecular flexibility index (Phi) is 4.15. The standard InChI is InChI=1S/C22H18N2O2/c1-15-11-12-17-18(22(25)24-20(17)13-15)14-23-19-9-5-6-10-21(19)26-16-7-3-2-4-8-16/h2-14,24-25H,1H3. The maximum absolute atomic E-state index is 10.2. The van der Waals surface area contributed by atoms with Gasteiger partial charge in [-0.2, -0.15) is 0 Å². The minimum atomic E-state index is 0.107. The van der Waals surface area contributed by atoms with Crippen LogP contribution < -0.4 is 4.74 Å². The number of fused-ring (bicyclic) bond motifs is 1. The van der Waals surface area contributed by atoms with Crippen LogP contribution in [0.25, 0.3) is 10.9 Å². The van der Waals surface area contributed by atoms with E-state index in [2.05, 4.69) is 9.98 Å². The lowest BCUT2D eigenvalue weighted by Crippen LogP contribution is -1.85. The number of benzene rings is 3. The molecule has 128 valence electrons. The van der Waals surface area contributed by atoms with E-state index in [4.69, 9.17) is 4.74 Å². The van der Waals surface area contributed by atoms with Crippen LogP contribution >= 0.6 is 0 Å². The van der Waals surface area contributed by atoms with E-state index in [1.807, 2.05) is 79.7 Å². The van der Waals surface area contributed by atoms with E-state index in [1.165, 1.54) is 0 Å². The summed E-state index contributed by atoms with van der Waals surface area (Å²) in [5.41, 5.74) is 3.37. The zero-order valence-corrected chi connectivity index (χ0v) is 14.3. The van der Waals surface area contributed by atoms with Crippen LogP contribution in [-0.2, 0) is 0 Å². The molecule has 0 unspecified atom stereocenters. The molecule has 1 heterocycles. The number of aromatic hydroxyl groups is 1. The number of nitrogens with one attached hydrogen (secondary N) is 1. The lowest BCUT2D eigenvalue weighted by Gasteiger charge is -2.07. The van der Waals surface area contributed by atoms with Crippen LogP contribution in [-0.4, -0.2) is 16.3 Å². The van der Waals surface area contributed by atoms with Gasteiger partial charge in [-0.1, -0.05) is 42.5 Å². The Labute approximate surface area is 151 Å². The molecule has 4 heteroatoms. The molecule has 0 radical (unpaired) electrons. The highest BCUT2D eigenvalue weighted by atomic mass is 16.5. The molecular formula is C22H18N2O2. The molecule has 4 aromatic rings. The van der Waals surface area contributed by atoms with Gasteiger partial charge in [-0.3, -0.25) is 4.99 Å². The van der Waals surface area contributed by atoms with Crippen molar-refractivity contribution in [2.24, 2.45) is 4.99 Å². The molecule has 4 nitrogen and oxygen atoms in total. The fraction of sp³-hybridized carbons (Fsp3) is 0.0455. The Morgan fingerprint density at radius 2 is 1.73 bits per heavy atom. The summed E-state index contributed by atoms with van der Waals surface area (Å²) in [5, 5.41) is 11.2. The Morgan fingerprint density at radius 1 is 0.962 bits per heavy atom. The average molecular weight is 342 g/mol. The summed E-state index contributed by atoms with van der Waals surface area (Å²) in [5.74, 6) is 1.52. The molecule has 0 spiro atoms. The second-order valence-electron chi connectivity index (χ2n) is 6.08. The first-order chi connectivity index (χ1) is 12.7. The van der Waals surface area contributed by atoms with Gasteiger partial charge in [0.1, 0.15) is 11.4 Å². The number of hydrogen-bond donors (Lipinski definition) is 2. The summed E-state index contributed by atoms with van der Waals surface area (Å²) in [4.78, 5) is 7.54. The van der Waals surface area contributed by atoms with E-state index < -0.39 is 0 Å². The van der Waals surface area contributed by atoms with Crippen LogP contribution in [0.4, 0.5) is 5.69 Å². The van der Waals surface area contributed by atoms with Crippen molar-refractivity contribution in [3.63, 3.8) is 0 Å². The number of hydrogen-bond acceptors (Lipinski definition) is 3. The van der Waals surface area contributed by atoms with E-state index >= 15 is 0 Å². The van der Waals surface area contributed by atoms with Crippen molar-refractivity contribution >= 4 is 22.8 Å². The number of aromatic amines is 1. The molecule has 0 aliphatic rings. The van der Waals surface area contributed by atoms with Crippen LogP contribution in [0.5, 0.6) is 17.4 Å². The average Bonchev–Trinajstić information content (AvgIpc) is 2.96. The minimum Gasteiger partial charge on any atom is -0.494 e. The van der Waals surface area contributed by atoms with Crippen LogP contribution in [0.15, 0.2) is 77.8 Å². The molecule has 0 amide bonds. The molecule has 0 aliphatic heterocycles. The van der Waals surface area contributed by atoms with Gasteiger partial charge in [0.05, 0.1) is 5.56 Å². The molecular weight excluding hydrogens is 324 g/mol. The maximum atomic E-state index is 10.2. The van der Waals surface area contributed by atoms with E-state index in [0.29, 0.717) is 17.0 Å². The molecule has 2 N–H and O–H groups in total. The third-order valence-corrected chi connectivity index (χ3v) is 4.14. The Balaban J connectivity index is 1.69. The topological polar surface area (TPSA) is 57.6 Å². The van der Waals surface area contributed by atoms with Crippen molar-refractivity contribution in [3.8, 4) is 17.4 Å². The third-order valence-electron chi connectivity index (χ3n) is 4.14. The normalized spacial score (nSPS) is 11.3. The molecule has 0 aliphatic carbocycles. The van der Waals surface area contributed by atoms with E-state index in [0.717, 1.165) is 22.2 Å². The van der Waals surface area contributed by atoms with Gasteiger partial charge in [0.15, 0.2) is 11.6 Å². The molecule has 0 bridgehead atoms. The summed E-state index contributed by atoms with van der Waals surface area (Å²) in [7, 11) is 0. The van der Waals surface area contributed by atoms with Crippen molar-refractivity contribution in [1.29, 1.82) is 0 Å². The van der Waals surface area contributed by atoms with Crippen molar-refractivity contribution in [2.45, 2.75) is 6.92 Å². The largest absolute Gasteiger partial charge is 0.494 e. The second-order valence-corrected chi connectivity index (χ2v) is 6.08. The van der Waals surface area contributed by atoms with Gasteiger partial charge in [0.25, 0.3) is 0 Å². The SMILES string of the molecule is Cc1ccc2c(C=Nc3ccccc3Oc3ccccc3)c(O)[nH]c2c1. The predicted octanol–water partition coefficient (Wildman–Crippen LogP) is 5.72. The van der Waals surface area contributed by atoms with Crippen LogP contribution in [0, 0.1) is 6.92 Å². The molecule has 0 saturated heterocycles. The Bertz CT molecular complexity index is 1080. The second kappa shape index (κ2) is 6.76. The highest BCUT2D eigenvalue weighted by molar-refractivity contribution is 6.02. The zero-order chi connectivity index (χ0) is 17.9. The molecule has 0 atom stereocenters. The van der Waals surface area contributed by atoms with Crippen LogP contribution in [0.3, 0.4) is 0 Å². The van der Waals surface area contributed by atoms with Gasteiger partial charge in [0, 0.05) is 17.1 Å². The summed E-state index contributed by atoms with van der Waals surface area (Å²) in [6.07, 6.45) is 1.66. The highest BCUT2D eigenvalue weighted by Gasteiger charge is 2.09. The third kappa shape index (κ3) is 3.17. The highest BCUT2D eigenvalue weighted by Crippen LogP contribution is 2.32. The van der Waals surface area contributed by atoms with Crippen molar-refractivity contribution in [1.82, 2.24) is 4.98 Å². The fourth-order valence-corrected chi connectivity index (χ4v) is 2.85. The minimum absolute atomic E-state index is 0.107. The maximum Gasteiger partial charge on any atom is 0.198 e. The molecule has 1 aromatic heterocycles. The molecule has 0 fully saturated rings. The van der Waals surface area contributed by atoms with Gasteiger partial charge >= 0.3 is 0 Å². The van der Waals surface area contributed by atoms with Crippen molar-refractivity contribution < 1.29 is 9.84 Å². The van der Waals surface area contributed by atoms with Crippen molar-refractivity contribution in [3.05, 3.63) is 83.9 Å². The number of para-hydroxylation sites is 3.